The second-order valence-corrected chi connectivity index (χ2v) is 7.07. The fourth-order valence-corrected chi connectivity index (χ4v) is 3.34. The lowest BCUT2D eigenvalue weighted by molar-refractivity contribution is -0.119. The molecule has 7 nitrogen and oxygen atoms in total. The van der Waals surface area contributed by atoms with Gasteiger partial charge in [-0.3, -0.25) is 15.6 Å². The Hall–Kier alpha value is -1.71. The summed E-state index contributed by atoms with van der Waals surface area (Å²) in [6.07, 6.45) is 2.32. The van der Waals surface area contributed by atoms with Gasteiger partial charge in [-0.25, -0.2) is 0 Å². The van der Waals surface area contributed by atoms with Crippen LogP contribution in [0.4, 0.5) is 0 Å². The molecule has 2 aliphatic rings. The zero-order chi connectivity index (χ0) is 17.5. The highest BCUT2D eigenvalue weighted by molar-refractivity contribution is 8.00. The van der Waals surface area contributed by atoms with E-state index in [1.54, 1.807) is 0 Å². The van der Waals surface area contributed by atoms with Gasteiger partial charge in [0.15, 0.2) is 16.6 Å². The van der Waals surface area contributed by atoms with Crippen molar-refractivity contribution in [1.29, 1.82) is 0 Å². The quantitative estimate of drug-likeness (QED) is 0.398. The molecule has 0 saturated carbocycles. The van der Waals surface area contributed by atoms with Gasteiger partial charge in [-0.05, 0) is 43.3 Å². The van der Waals surface area contributed by atoms with Crippen LogP contribution in [0, 0.1) is 0 Å². The minimum Gasteiger partial charge on any atom is -0.486 e. The number of hydrazine groups is 1. The van der Waals surface area contributed by atoms with Crippen LogP contribution in [0.1, 0.15) is 12.8 Å². The maximum absolute atomic E-state index is 11.9. The monoisotopic (exact) mass is 383 g/mol. The predicted octanol–water partition coefficient (Wildman–Crippen LogP) is 1.22. The van der Waals surface area contributed by atoms with E-state index in [1.807, 2.05) is 18.2 Å². The molecule has 2 heterocycles. The van der Waals surface area contributed by atoms with E-state index in [9.17, 15) is 4.79 Å². The molecule has 2 aliphatic heterocycles. The summed E-state index contributed by atoms with van der Waals surface area (Å²) in [5.74, 6) is 1.56. The third-order valence-electron chi connectivity index (χ3n) is 3.71. The van der Waals surface area contributed by atoms with Crippen molar-refractivity contribution in [3.63, 3.8) is 0 Å². The molecule has 0 bridgehead atoms. The first-order valence-electron chi connectivity index (χ1n) is 8.17. The molecule has 0 radical (unpaired) electrons. The van der Waals surface area contributed by atoms with E-state index in [-0.39, 0.29) is 17.8 Å². The Labute approximate surface area is 156 Å². The fourth-order valence-electron chi connectivity index (χ4n) is 2.48. The maximum Gasteiger partial charge on any atom is 0.248 e. The predicted molar refractivity (Wildman–Crippen MR) is 99.0 cm³/mol. The van der Waals surface area contributed by atoms with Crippen molar-refractivity contribution in [1.82, 2.24) is 16.2 Å². The van der Waals surface area contributed by atoms with Crippen LogP contribution in [0.15, 0.2) is 23.1 Å². The summed E-state index contributed by atoms with van der Waals surface area (Å²) >= 11 is 6.54. The molecule has 1 aromatic carbocycles. The van der Waals surface area contributed by atoms with E-state index in [1.165, 1.54) is 11.8 Å². The molecule has 1 unspecified atom stereocenters. The number of hydrogen-bond acceptors (Lipinski definition) is 6. The van der Waals surface area contributed by atoms with Gasteiger partial charge in [0.2, 0.25) is 5.91 Å². The molecule has 1 aromatic rings. The molecule has 3 rings (SSSR count). The zero-order valence-corrected chi connectivity index (χ0v) is 15.3. The van der Waals surface area contributed by atoms with Crippen molar-refractivity contribution in [2.75, 3.05) is 32.1 Å². The number of fused-ring (bicyclic) bond motifs is 1. The second kappa shape index (κ2) is 9.12. The Morgan fingerprint density at radius 3 is 2.84 bits per heavy atom. The highest BCUT2D eigenvalue weighted by Gasteiger charge is 2.15. The Morgan fingerprint density at radius 1 is 1.20 bits per heavy atom. The lowest BCUT2D eigenvalue weighted by Gasteiger charge is -2.18. The first kappa shape index (κ1) is 18.1. The Morgan fingerprint density at radius 2 is 2.04 bits per heavy atom. The molecular formula is C16H21N3O4S2. The van der Waals surface area contributed by atoms with Gasteiger partial charge in [0, 0.05) is 18.0 Å². The molecule has 25 heavy (non-hydrogen) atoms. The molecule has 0 spiro atoms. The molecular weight excluding hydrogens is 362 g/mol. The summed E-state index contributed by atoms with van der Waals surface area (Å²) < 4.78 is 16.5. The largest absolute Gasteiger partial charge is 0.486 e. The van der Waals surface area contributed by atoms with Crippen molar-refractivity contribution in [2.24, 2.45) is 0 Å². The number of thioether (sulfide) groups is 1. The third-order valence-corrected chi connectivity index (χ3v) is 4.95. The molecule has 1 fully saturated rings. The number of amides is 1. The van der Waals surface area contributed by atoms with Gasteiger partial charge in [0.1, 0.15) is 13.2 Å². The van der Waals surface area contributed by atoms with Crippen LogP contribution in [0.25, 0.3) is 0 Å². The number of ether oxygens (including phenoxy) is 3. The molecule has 9 heteroatoms. The van der Waals surface area contributed by atoms with E-state index >= 15 is 0 Å². The summed E-state index contributed by atoms with van der Waals surface area (Å²) in [5.41, 5.74) is 5.28. The number of hydrogen-bond donors (Lipinski definition) is 3. The van der Waals surface area contributed by atoms with Crippen LogP contribution in [0.3, 0.4) is 0 Å². The molecule has 0 aliphatic carbocycles. The number of carbonyl (C=O) groups is 1. The highest BCUT2D eigenvalue weighted by atomic mass is 32.2. The minimum atomic E-state index is -0.166. The SMILES string of the molecule is O=C(CSc1ccc2c(c1)OCCO2)NNC(=S)NCC1CCCO1. The topological polar surface area (TPSA) is 80.9 Å². The highest BCUT2D eigenvalue weighted by Crippen LogP contribution is 2.34. The first-order chi connectivity index (χ1) is 12.2. The van der Waals surface area contributed by atoms with Crippen LogP contribution in [0.2, 0.25) is 0 Å². The van der Waals surface area contributed by atoms with E-state index in [0.717, 1.165) is 30.1 Å². The van der Waals surface area contributed by atoms with Crippen molar-refractivity contribution < 1.29 is 19.0 Å². The van der Waals surface area contributed by atoms with Crippen LogP contribution < -0.4 is 25.6 Å². The third kappa shape index (κ3) is 5.65. The Kier molecular flexibility index (Phi) is 6.60. The molecule has 136 valence electrons. The molecule has 1 saturated heterocycles. The zero-order valence-electron chi connectivity index (χ0n) is 13.7. The average molecular weight is 383 g/mol. The number of nitrogens with one attached hydrogen (secondary N) is 3. The van der Waals surface area contributed by atoms with Gasteiger partial charge in [0.25, 0.3) is 0 Å². The van der Waals surface area contributed by atoms with Crippen LogP contribution >= 0.6 is 24.0 Å². The van der Waals surface area contributed by atoms with Crippen molar-refractivity contribution in [3.8, 4) is 11.5 Å². The summed E-state index contributed by atoms with van der Waals surface area (Å²) in [7, 11) is 0. The normalized spacial score (nSPS) is 18.5. The Bertz CT molecular complexity index is 623. The smallest absolute Gasteiger partial charge is 0.248 e. The van der Waals surface area contributed by atoms with E-state index in [4.69, 9.17) is 26.4 Å². The van der Waals surface area contributed by atoms with Crippen LogP contribution in [0.5, 0.6) is 11.5 Å². The first-order valence-corrected chi connectivity index (χ1v) is 9.57. The lowest BCUT2D eigenvalue weighted by atomic mass is 10.2. The minimum absolute atomic E-state index is 0.166. The van der Waals surface area contributed by atoms with Crippen LogP contribution in [-0.4, -0.2) is 49.2 Å². The number of thiocarbonyl (C=S) groups is 1. The second-order valence-electron chi connectivity index (χ2n) is 5.61. The molecule has 1 atom stereocenters. The lowest BCUT2D eigenvalue weighted by Crippen LogP contribution is -2.48. The van der Waals surface area contributed by atoms with Gasteiger partial charge in [-0.1, -0.05) is 0 Å². The Balaban J connectivity index is 1.34. The maximum atomic E-state index is 11.9. The standard InChI is InChI=1S/C16H21N3O4S2/c20-15(18-19-16(24)17-9-11-2-1-5-21-11)10-25-12-3-4-13-14(8-12)23-7-6-22-13/h3-4,8,11H,1-2,5-7,9-10H2,(H,18,20)(H2,17,19,24). The molecule has 3 N–H and O–H groups in total. The molecule has 1 amide bonds. The summed E-state index contributed by atoms with van der Waals surface area (Å²) in [6, 6.07) is 5.65. The molecule has 0 aromatic heterocycles. The van der Waals surface area contributed by atoms with Gasteiger partial charge in [0.05, 0.1) is 11.9 Å². The van der Waals surface area contributed by atoms with Gasteiger partial charge in [-0.2, -0.15) is 0 Å². The van der Waals surface area contributed by atoms with Crippen molar-refractivity contribution in [3.05, 3.63) is 18.2 Å². The fraction of sp³-hybridized carbons (Fsp3) is 0.500. The number of benzene rings is 1. The van der Waals surface area contributed by atoms with E-state index in [2.05, 4.69) is 16.2 Å². The van der Waals surface area contributed by atoms with Gasteiger partial charge < -0.3 is 19.5 Å². The van der Waals surface area contributed by atoms with Crippen molar-refractivity contribution in [2.45, 2.75) is 23.8 Å². The summed E-state index contributed by atoms with van der Waals surface area (Å²) in [4.78, 5) is 12.9. The van der Waals surface area contributed by atoms with E-state index in [0.29, 0.717) is 30.6 Å². The number of carbonyl (C=O) groups excluding carboxylic acids is 1. The van der Waals surface area contributed by atoms with Gasteiger partial charge >= 0.3 is 0 Å². The summed E-state index contributed by atoms with van der Waals surface area (Å²) in [5, 5.41) is 3.41. The number of rotatable bonds is 5. The van der Waals surface area contributed by atoms with E-state index < -0.39 is 0 Å². The average Bonchev–Trinajstić information content (AvgIpc) is 3.16. The van der Waals surface area contributed by atoms with Gasteiger partial charge in [-0.15, -0.1) is 11.8 Å². The van der Waals surface area contributed by atoms with Crippen molar-refractivity contribution >= 4 is 35.0 Å². The van der Waals surface area contributed by atoms with Crippen LogP contribution in [-0.2, 0) is 9.53 Å². The summed E-state index contributed by atoms with van der Waals surface area (Å²) in [6.45, 7) is 2.56.